The molecule has 1 N–H and O–H groups in total. The summed E-state index contributed by atoms with van der Waals surface area (Å²) in [7, 11) is 0. The molecule has 0 saturated carbocycles. The summed E-state index contributed by atoms with van der Waals surface area (Å²) >= 11 is 0. The molecule has 98 valence electrons. The van der Waals surface area contributed by atoms with Crippen LogP contribution in [0.2, 0.25) is 0 Å². The predicted molar refractivity (Wildman–Crippen MR) is 66.6 cm³/mol. The molecule has 0 radical (unpaired) electrons. The number of aliphatic hydroxyl groups is 1. The van der Waals surface area contributed by atoms with Crippen molar-refractivity contribution in [2.24, 2.45) is 0 Å². The maximum Gasteiger partial charge on any atom is 0.243 e. The second kappa shape index (κ2) is 5.82. The van der Waals surface area contributed by atoms with Gasteiger partial charge in [-0.15, -0.1) is 0 Å². The van der Waals surface area contributed by atoms with E-state index in [4.69, 9.17) is 0 Å². The lowest BCUT2D eigenvalue weighted by molar-refractivity contribution is -0.737. The van der Waals surface area contributed by atoms with Gasteiger partial charge >= 0.3 is 0 Å². The number of nitrogens with zero attached hydrogens (tertiary/aromatic N) is 4. The lowest BCUT2D eigenvalue weighted by Crippen LogP contribution is -2.46. The van der Waals surface area contributed by atoms with Crippen LogP contribution in [-0.2, 0) is 26.2 Å². The van der Waals surface area contributed by atoms with Gasteiger partial charge in [0.2, 0.25) is 12.7 Å². The maximum absolute atomic E-state index is 10.1. The molecule has 0 unspecified atom stereocenters. The van der Waals surface area contributed by atoms with E-state index >= 15 is 0 Å². The first-order valence-corrected chi connectivity index (χ1v) is 6.49. The molecule has 0 aliphatic rings. The molecule has 5 nitrogen and oxygen atoms in total. The largest absolute Gasteiger partial charge is 0.385 e. The van der Waals surface area contributed by atoms with Crippen molar-refractivity contribution in [2.45, 2.75) is 46.1 Å². The van der Waals surface area contributed by atoms with Gasteiger partial charge in [-0.3, -0.25) is 0 Å². The van der Waals surface area contributed by atoms with Gasteiger partial charge in [-0.2, -0.15) is 0 Å². The molecule has 2 heterocycles. The van der Waals surface area contributed by atoms with Crippen LogP contribution in [0.3, 0.4) is 0 Å². The van der Waals surface area contributed by atoms with Crippen molar-refractivity contribution in [3.63, 3.8) is 0 Å². The third kappa shape index (κ3) is 3.20. The van der Waals surface area contributed by atoms with Gasteiger partial charge in [0, 0.05) is 0 Å². The van der Waals surface area contributed by atoms with Crippen molar-refractivity contribution in [3.05, 3.63) is 37.4 Å². The summed E-state index contributed by atoms with van der Waals surface area (Å²) in [4.78, 5) is 0. The summed E-state index contributed by atoms with van der Waals surface area (Å²) in [6.45, 7) is 7.36. The summed E-state index contributed by atoms with van der Waals surface area (Å²) in [5.41, 5.74) is 0. The first-order valence-electron chi connectivity index (χ1n) is 6.49. The molecule has 2 aromatic rings. The molecular formula is C13H22N4O+2. The molecule has 18 heavy (non-hydrogen) atoms. The molecule has 2 rings (SSSR count). The van der Waals surface area contributed by atoms with Crippen molar-refractivity contribution >= 4 is 0 Å². The maximum atomic E-state index is 10.1. The zero-order valence-corrected chi connectivity index (χ0v) is 11.1. The zero-order chi connectivity index (χ0) is 13.0. The minimum absolute atomic E-state index is 0.375. The standard InChI is InChI=1S/C13H22N4O/c1-3-14-5-7-16(11-14)9-13(18)10-17-8-6-15(4-2)12-17/h5-8,11-13,18H,3-4,9-10H2,1-2H3/q+2. The lowest BCUT2D eigenvalue weighted by atomic mass is 10.3. The Kier molecular flexibility index (Phi) is 4.15. The molecule has 0 saturated heterocycles. The van der Waals surface area contributed by atoms with Crippen molar-refractivity contribution in [1.29, 1.82) is 0 Å². The molecular weight excluding hydrogens is 228 g/mol. The third-order valence-electron chi connectivity index (χ3n) is 3.07. The number of imidazole rings is 2. The van der Waals surface area contributed by atoms with E-state index in [0.29, 0.717) is 13.1 Å². The molecule has 0 amide bonds. The van der Waals surface area contributed by atoms with Gasteiger partial charge in [-0.25, -0.2) is 18.3 Å². The fourth-order valence-electron chi connectivity index (χ4n) is 2.01. The van der Waals surface area contributed by atoms with Gasteiger partial charge in [0.1, 0.15) is 44.0 Å². The molecule has 0 atom stereocenters. The highest BCUT2D eigenvalue weighted by molar-refractivity contribution is 4.66. The number of hydrogen-bond acceptors (Lipinski definition) is 1. The Balaban J connectivity index is 1.89. The van der Waals surface area contributed by atoms with Crippen LogP contribution in [0.4, 0.5) is 0 Å². The molecule has 0 bridgehead atoms. The molecule has 5 heteroatoms. The van der Waals surface area contributed by atoms with Crippen LogP contribution in [0, 0.1) is 0 Å². The van der Waals surface area contributed by atoms with Crippen molar-refractivity contribution in [1.82, 2.24) is 9.13 Å². The molecule has 0 aromatic carbocycles. The normalized spacial score (nSPS) is 11.3. The SMILES string of the molecule is CCn1cc[n+](CC(O)C[n+]2ccn(CC)c2)c1. The molecule has 0 fully saturated rings. The zero-order valence-electron chi connectivity index (χ0n) is 11.1. The van der Waals surface area contributed by atoms with E-state index in [2.05, 4.69) is 23.0 Å². The van der Waals surface area contributed by atoms with E-state index in [1.807, 2.05) is 46.6 Å². The van der Waals surface area contributed by atoms with Gasteiger partial charge < -0.3 is 5.11 Å². The van der Waals surface area contributed by atoms with Crippen molar-refractivity contribution < 1.29 is 14.2 Å². The number of aromatic nitrogens is 4. The quantitative estimate of drug-likeness (QED) is 0.718. The average Bonchev–Trinajstić information content (AvgIpc) is 2.98. The van der Waals surface area contributed by atoms with Crippen LogP contribution < -0.4 is 9.13 Å². The monoisotopic (exact) mass is 250 g/mol. The molecule has 2 aromatic heterocycles. The van der Waals surface area contributed by atoms with E-state index in [9.17, 15) is 5.11 Å². The molecule has 0 spiro atoms. The molecule has 0 aliphatic heterocycles. The number of aliphatic hydroxyl groups excluding tert-OH is 1. The Labute approximate surface area is 108 Å². The highest BCUT2D eigenvalue weighted by Crippen LogP contribution is 1.89. The van der Waals surface area contributed by atoms with Crippen LogP contribution in [0.1, 0.15) is 13.8 Å². The Bertz CT molecular complexity index is 444. The number of hydrogen-bond donors (Lipinski definition) is 1. The minimum Gasteiger partial charge on any atom is -0.385 e. The van der Waals surface area contributed by atoms with Gasteiger partial charge in [0.15, 0.2) is 0 Å². The second-order valence-electron chi connectivity index (χ2n) is 4.54. The summed E-state index contributed by atoms with van der Waals surface area (Å²) in [6, 6.07) is 0. The second-order valence-corrected chi connectivity index (χ2v) is 4.54. The smallest absolute Gasteiger partial charge is 0.243 e. The van der Waals surface area contributed by atoms with E-state index in [0.717, 1.165) is 13.1 Å². The summed E-state index contributed by atoms with van der Waals surface area (Å²) in [5.74, 6) is 0. The van der Waals surface area contributed by atoms with E-state index in [-0.39, 0.29) is 6.10 Å². The van der Waals surface area contributed by atoms with E-state index < -0.39 is 0 Å². The summed E-state index contributed by atoms with van der Waals surface area (Å²) in [6.07, 6.45) is 11.7. The Morgan fingerprint density at radius 3 is 1.72 bits per heavy atom. The fraction of sp³-hybridized carbons (Fsp3) is 0.538. The number of rotatable bonds is 6. The summed E-state index contributed by atoms with van der Waals surface area (Å²) in [5, 5.41) is 10.1. The number of aryl methyl sites for hydroxylation is 2. The van der Waals surface area contributed by atoms with Crippen molar-refractivity contribution in [3.8, 4) is 0 Å². The third-order valence-corrected chi connectivity index (χ3v) is 3.07. The van der Waals surface area contributed by atoms with Crippen LogP contribution in [0.25, 0.3) is 0 Å². The van der Waals surface area contributed by atoms with E-state index in [1.165, 1.54) is 0 Å². The highest BCUT2D eigenvalue weighted by Gasteiger charge is 2.14. The first kappa shape index (κ1) is 12.8. The van der Waals surface area contributed by atoms with Gasteiger partial charge in [0.05, 0.1) is 13.1 Å². The average molecular weight is 250 g/mol. The van der Waals surface area contributed by atoms with E-state index in [1.54, 1.807) is 0 Å². The summed E-state index contributed by atoms with van der Waals surface area (Å²) < 4.78 is 8.22. The molecule has 0 aliphatic carbocycles. The predicted octanol–water partition coefficient (Wildman–Crippen LogP) is -0.0345. The lowest BCUT2D eigenvalue weighted by Gasteiger charge is -2.04. The topological polar surface area (TPSA) is 37.9 Å². The van der Waals surface area contributed by atoms with Crippen molar-refractivity contribution in [2.75, 3.05) is 0 Å². The Morgan fingerprint density at radius 1 is 0.944 bits per heavy atom. The van der Waals surface area contributed by atoms with Crippen LogP contribution in [-0.4, -0.2) is 20.3 Å². The Hall–Kier alpha value is -1.62. The van der Waals surface area contributed by atoms with Crippen LogP contribution >= 0.6 is 0 Å². The Morgan fingerprint density at radius 2 is 1.39 bits per heavy atom. The van der Waals surface area contributed by atoms with Gasteiger partial charge in [0.25, 0.3) is 0 Å². The fourth-order valence-corrected chi connectivity index (χ4v) is 2.01. The minimum atomic E-state index is -0.375. The highest BCUT2D eigenvalue weighted by atomic mass is 16.3. The van der Waals surface area contributed by atoms with Gasteiger partial charge in [-0.05, 0) is 13.8 Å². The first-order chi connectivity index (χ1) is 8.71. The van der Waals surface area contributed by atoms with Crippen LogP contribution in [0.5, 0.6) is 0 Å². The van der Waals surface area contributed by atoms with Crippen LogP contribution in [0.15, 0.2) is 37.4 Å². The van der Waals surface area contributed by atoms with Gasteiger partial charge in [-0.1, -0.05) is 0 Å².